The molecule has 0 aromatic carbocycles. The van der Waals surface area contributed by atoms with Gasteiger partial charge in [0.25, 0.3) is 5.56 Å². The Labute approximate surface area is 106 Å². The Kier molecular flexibility index (Phi) is 3.37. The minimum atomic E-state index is -0.648. The molecule has 0 bridgehead atoms. The average molecular weight is 263 g/mol. The van der Waals surface area contributed by atoms with Crippen LogP contribution < -0.4 is 11.0 Å². The van der Waals surface area contributed by atoms with E-state index in [1.807, 2.05) is 0 Å². The molecular formula is C10H9N5O4. The standard InChI is InChI=1S/C10H9N5O4/c1-6-4-8(16)13-10(12-6)14-11-5-7-2-3-9(19-7)15(17)18/h2-5H,1H3,(H2,12,13,14,16). The molecule has 2 aromatic rings. The molecule has 9 heteroatoms. The van der Waals surface area contributed by atoms with Gasteiger partial charge in [-0.2, -0.15) is 5.10 Å². The molecule has 0 aliphatic carbocycles. The van der Waals surface area contributed by atoms with E-state index in [2.05, 4.69) is 20.5 Å². The van der Waals surface area contributed by atoms with E-state index in [1.165, 1.54) is 24.4 Å². The van der Waals surface area contributed by atoms with Gasteiger partial charge in [-0.3, -0.25) is 19.9 Å². The smallest absolute Gasteiger partial charge is 0.400 e. The minimum absolute atomic E-state index is 0.169. The predicted molar refractivity (Wildman–Crippen MR) is 66.2 cm³/mol. The van der Waals surface area contributed by atoms with Gasteiger partial charge in [-0.05, 0) is 13.0 Å². The highest BCUT2D eigenvalue weighted by molar-refractivity contribution is 5.76. The Bertz CT molecular complexity index is 687. The zero-order chi connectivity index (χ0) is 13.8. The SMILES string of the molecule is Cc1cc(=O)[nH]c(NN=Cc2ccc([N+](=O)[O-])o2)n1. The van der Waals surface area contributed by atoms with E-state index < -0.39 is 4.92 Å². The Morgan fingerprint density at radius 3 is 3.00 bits per heavy atom. The van der Waals surface area contributed by atoms with E-state index in [4.69, 9.17) is 4.42 Å². The van der Waals surface area contributed by atoms with Crippen LogP contribution in [0.5, 0.6) is 0 Å². The first-order chi connectivity index (χ1) is 9.04. The van der Waals surface area contributed by atoms with Crippen molar-refractivity contribution in [2.24, 2.45) is 5.10 Å². The van der Waals surface area contributed by atoms with Crippen molar-refractivity contribution in [2.75, 3.05) is 5.43 Å². The van der Waals surface area contributed by atoms with Crippen LogP contribution in [0.1, 0.15) is 11.5 Å². The number of nitrogens with zero attached hydrogens (tertiary/aromatic N) is 3. The van der Waals surface area contributed by atoms with Crippen LogP contribution in [-0.4, -0.2) is 21.1 Å². The summed E-state index contributed by atoms with van der Waals surface area (Å²) in [6.07, 6.45) is 1.23. The highest BCUT2D eigenvalue weighted by Crippen LogP contribution is 2.13. The van der Waals surface area contributed by atoms with Gasteiger partial charge in [-0.1, -0.05) is 0 Å². The van der Waals surface area contributed by atoms with Gasteiger partial charge < -0.3 is 4.42 Å². The molecule has 2 rings (SSSR count). The fraction of sp³-hybridized carbons (Fsp3) is 0.100. The van der Waals surface area contributed by atoms with Crippen LogP contribution in [0.2, 0.25) is 0 Å². The molecule has 0 saturated carbocycles. The van der Waals surface area contributed by atoms with Crippen molar-refractivity contribution >= 4 is 18.0 Å². The molecule has 19 heavy (non-hydrogen) atoms. The van der Waals surface area contributed by atoms with Gasteiger partial charge in [0.05, 0.1) is 12.3 Å². The maximum absolute atomic E-state index is 11.1. The summed E-state index contributed by atoms with van der Waals surface area (Å²) in [7, 11) is 0. The lowest BCUT2D eigenvalue weighted by atomic mass is 10.4. The largest absolute Gasteiger partial charge is 0.433 e. The number of hydrazone groups is 1. The number of aryl methyl sites for hydroxylation is 1. The summed E-state index contributed by atoms with van der Waals surface area (Å²) in [6.45, 7) is 1.67. The first kappa shape index (κ1) is 12.5. The molecule has 98 valence electrons. The molecule has 2 heterocycles. The topological polar surface area (TPSA) is 126 Å². The van der Waals surface area contributed by atoms with Crippen LogP contribution in [0.25, 0.3) is 0 Å². The third-order valence-electron chi connectivity index (χ3n) is 2.02. The maximum atomic E-state index is 11.1. The zero-order valence-corrected chi connectivity index (χ0v) is 9.78. The molecule has 0 saturated heterocycles. The number of furan rings is 1. The second kappa shape index (κ2) is 5.12. The molecule has 0 atom stereocenters. The second-order valence-corrected chi connectivity index (χ2v) is 3.54. The molecule has 0 radical (unpaired) electrons. The van der Waals surface area contributed by atoms with Crippen LogP contribution in [0.15, 0.2) is 32.5 Å². The van der Waals surface area contributed by atoms with Crippen LogP contribution in [0.4, 0.5) is 11.8 Å². The Balaban J connectivity index is 2.06. The monoisotopic (exact) mass is 263 g/mol. The summed E-state index contributed by atoms with van der Waals surface area (Å²) < 4.78 is 4.85. The number of rotatable bonds is 4. The summed E-state index contributed by atoms with van der Waals surface area (Å²) in [5.41, 5.74) is 2.72. The molecule has 9 nitrogen and oxygen atoms in total. The molecule has 0 aliphatic rings. The lowest BCUT2D eigenvalue weighted by molar-refractivity contribution is -0.402. The normalized spacial score (nSPS) is 10.8. The Hall–Kier alpha value is -2.97. The Morgan fingerprint density at radius 2 is 2.37 bits per heavy atom. The van der Waals surface area contributed by atoms with Crippen LogP contribution in [0, 0.1) is 17.0 Å². The van der Waals surface area contributed by atoms with E-state index in [0.29, 0.717) is 5.69 Å². The number of H-pyrrole nitrogens is 1. The summed E-state index contributed by atoms with van der Waals surface area (Å²) >= 11 is 0. The van der Waals surface area contributed by atoms with E-state index in [0.717, 1.165) is 0 Å². The maximum Gasteiger partial charge on any atom is 0.433 e. The summed E-state index contributed by atoms with van der Waals surface area (Å²) in [6, 6.07) is 3.95. The molecule has 0 amide bonds. The third-order valence-corrected chi connectivity index (χ3v) is 2.02. The Morgan fingerprint density at radius 1 is 1.58 bits per heavy atom. The molecular weight excluding hydrogens is 254 g/mol. The van der Waals surface area contributed by atoms with Crippen molar-refractivity contribution in [3.63, 3.8) is 0 Å². The number of nitrogens with one attached hydrogen (secondary N) is 2. The van der Waals surface area contributed by atoms with Crippen molar-refractivity contribution in [1.29, 1.82) is 0 Å². The number of aromatic nitrogens is 2. The number of hydrogen-bond donors (Lipinski definition) is 2. The van der Waals surface area contributed by atoms with Crippen molar-refractivity contribution in [2.45, 2.75) is 6.92 Å². The fourth-order valence-electron chi connectivity index (χ4n) is 1.30. The highest BCUT2D eigenvalue weighted by Gasteiger charge is 2.10. The van der Waals surface area contributed by atoms with Gasteiger partial charge >= 0.3 is 5.88 Å². The molecule has 2 N–H and O–H groups in total. The van der Waals surface area contributed by atoms with Crippen LogP contribution in [0.3, 0.4) is 0 Å². The molecule has 2 aromatic heterocycles. The first-order valence-corrected chi connectivity index (χ1v) is 5.16. The quantitative estimate of drug-likeness (QED) is 0.481. The molecule has 0 unspecified atom stereocenters. The second-order valence-electron chi connectivity index (χ2n) is 3.54. The fourth-order valence-corrected chi connectivity index (χ4v) is 1.30. The van der Waals surface area contributed by atoms with E-state index in [9.17, 15) is 14.9 Å². The lowest BCUT2D eigenvalue weighted by Gasteiger charge is -1.98. The first-order valence-electron chi connectivity index (χ1n) is 5.16. The van der Waals surface area contributed by atoms with Crippen molar-refractivity contribution in [1.82, 2.24) is 9.97 Å². The van der Waals surface area contributed by atoms with Gasteiger partial charge in [0, 0.05) is 11.8 Å². The molecule has 0 aliphatic heterocycles. The van der Waals surface area contributed by atoms with Crippen molar-refractivity contribution in [3.8, 4) is 0 Å². The van der Waals surface area contributed by atoms with Crippen LogP contribution >= 0.6 is 0 Å². The zero-order valence-electron chi connectivity index (χ0n) is 9.78. The summed E-state index contributed by atoms with van der Waals surface area (Å²) in [4.78, 5) is 27.3. The van der Waals surface area contributed by atoms with Gasteiger partial charge in [0.15, 0.2) is 5.76 Å². The van der Waals surface area contributed by atoms with E-state index >= 15 is 0 Å². The van der Waals surface area contributed by atoms with Crippen molar-refractivity contribution < 1.29 is 9.34 Å². The number of anilines is 1. The van der Waals surface area contributed by atoms with Gasteiger partial charge in [0.2, 0.25) is 5.95 Å². The molecule has 0 spiro atoms. The predicted octanol–water partition coefficient (Wildman–Crippen LogP) is 1.03. The van der Waals surface area contributed by atoms with Gasteiger partial charge in [-0.15, -0.1) is 0 Å². The lowest BCUT2D eigenvalue weighted by Crippen LogP contribution is -2.10. The summed E-state index contributed by atoms with van der Waals surface area (Å²) in [5, 5.41) is 14.1. The van der Waals surface area contributed by atoms with E-state index in [1.54, 1.807) is 6.92 Å². The van der Waals surface area contributed by atoms with E-state index in [-0.39, 0.29) is 23.2 Å². The minimum Gasteiger partial charge on any atom is -0.400 e. The number of nitro groups is 1. The van der Waals surface area contributed by atoms with Crippen LogP contribution in [-0.2, 0) is 0 Å². The number of hydrogen-bond acceptors (Lipinski definition) is 7. The highest BCUT2D eigenvalue weighted by atomic mass is 16.6. The average Bonchev–Trinajstić information content (AvgIpc) is 2.76. The van der Waals surface area contributed by atoms with Crippen molar-refractivity contribution in [3.05, 3.63) is 50.1 Å². The van der Waals surface area contributed by atoms with Gasteiger partial charge in [0.1, 0.15) is 4.92 Å². The van der Waals surface area contributed by atoms with Gasteiger partial charge in [-0.25, -0.2) is 10.4 Å². The molecule has 0 fully saturated rings. The number of aromatic amines is 1. The summed E-state index contributed by atoms with van der Waals surface area (Å²) in [5.74, 6) is 0.0000401. The third kappa shape index (κ3) is 3.25.